The zero-order valence-corrected chi connectivity index (χ0v) is 9.80. The van der Waals surface area contributed by atoms with E-state index in [2.05, 4.69) is 25.9 Å². The van der Waals surface area contributed by atoms with Gasteiger partial charge in [-0.05, 0) is 6.07 Å². The van der Waals surface area contributed by atoms with Crippen molar-refractivity contribution in [2.24, 2.45) is 0 Å². The van der Waals surface area contributed by atoms with Gasteiger partial charge in [-0.1, -0.05) is 29.8 Å². The van der Waals surface area contributed by atoms with Gasteiger partial charge in [0.1, 0.15) is 11.5 Å². The Bertz CT molecular complexity index is 338. The second-order valence-electron chi connectivity index (χ2n) is 3.26. The number of hydrogen-bond donors (Lipinski definition) is 0. The number of halogens is 4. The van der Waals surface area contributed by atoms with Crippen LogP contribution in [0.2, 0.25) is 0 Å². The van der Waals surface area contributed by atoms with Crippen molar-refractivity contribution in [2.75, 3.05) is 0 Å². The van der Waals surface area contributed by atoms with E-state index in [0.717, 1.165) is 12.3 Å². The molecule has 0 saturated heterocycles. The van der Waals surface area contributed by atoms with Crippen molar-refractivity contribution in [2.45, 2.75) is 30.8 Å². The van der Waals surface area contributed by atoms with E-state index in [1.165, 1.54) is 0 Å². The van der Waals surface area contributed by atoms with Crippen LogP contribution in [0.3, 0.4) is 0 Å². The SMILES string of the molecule is CC(Br)C(C)c1nccc(C(F)(F)F)n1. The van der Waals surface area contributed by atoms with Gasteiger partial charge >= 0.3 is 6.18 Å². The maximum Gasteiger partial charge on any atom is 0.433 e. The summed E-state index contributed by atoms with van der Waals surface area (Å²) in [5.41, 5.74) is -0.896. The smallest absolute Gasteiger partial charge is 0.241 e. The van der Waals surface area contributed by atoms with Crippen LogP contribution in [0.5, 0.6) is 0 Å². The van der Waals surface area contributed by atoms with Gasteiger partial charge < -0.3 is 0 Å². The van der Waals surface area contributed by atoms with E-state index in [9.17, 15) is 13.2 Å². The molecule has 0 amide bonds. The molecule has 2 nitrogen and oxygen atoms in total. The summed E-state index contributed by atoms with van der Waals surface area (Å²) in [7, 11) is 0. The minimum Gasteiger partial charge on any atom is -0.241 e. The second-order valence-corrected chi connectivity index (χ2v) is 4.71. The maximum absolute atomic E-state index is 12.3. The molecule has 6 heteroatoms. The Morgan fingerprint density at radius 3 is 2.40 bits per heavy atom. The summed E-state index contributed by atoms with van der Waals surface area (Å²) in [5.74, 6) is 0.0431. The van der Waals surface area contributed by atoms with Gasteiger partial charge in [-0.2, -0.15) is 13.2 Å². The minimum absolute atomic E-state index is 0.0287. The monoisotopic (exact) mass is 282 g/mol. The quantitative estimate of drug-likeness (QED) is 0.777. The first kappa shape index (κ1) is 12.4. The van der Waals surface area contributed by atoms with Gasteiger partial charge in [-0.25, -0.2) is 9.97 Å². The fourth-order valence-corrected chi connectivity index (χ4v) is 1.19. The Morgan fingerprint density at radius 2 is 1.93 bits per heavy atom. The summed E-state index contributed by atoms with van der Waals surface area (Å²) in [6, 6.07) is 0.870. The lowest BCUT2D eigenvalue weighted by molar-refractivity contribution is -0.141. The predicted octanol–water partition coefficient (Wildman–Crippen LogP) is 3.38. The van der Waals surface area contributed by atoms with Crippen LogP contribution in [-0.4, -0.2) is 14.8 Å². The molecule has 0 aliphatic rings. The molecule has 0 fully saturated rings. The van der Waals surface area contributed by atoms with E-state index in [4.69, 9.17) is 0 Å². The van der Waals surface area contributed by atoms with Crippen LogP contribution in [0, 0.1) is 0 Å². The Morgan fingerprint density at radius 1 is 1.33 bits per heavy atom. The maximum atomic E-state index is 12.3. The van der Waals surface area contributed by atoms with Crippen molar-refractivity contribution in [1.82, 2.24) is 9.97 Å². The Labute approximate surface area is 94.1 Å². The van der Waals surface area contributed by atoms with Gasteiger partial charge in [0.15, 0.2) is 0 Å². The van der Waals surface area contributed by atoms with Crippen LogP contribution < -0.4 is 0 Å². The second kappa shape index (κ2) is 4.47. The summed E-state index contributed by atoms with van der Waals surface area (Å²) >= 11 is 3.29. The van der Waals surface area contributed by atoms with Crippen LogP contribution in [0.1, 0.15) is 31.3 Å². The van der Waals surface area contributed by atoms with Gasteiger partial charge in [0.25, 0.3) is 0 Å². The summed E-state index contributed by atoms with van der Waals surface area (Å²) in [6.07, 6.45) is -3.27. The number of rotatable bonds is 2. The van der Waals surface area contributed by atoms with Crippen LogP contribution >= 0.6 is 15.9 Å². The van der Waals surface area contributed by atoms with Crippen LogP contribution in [0.15, 0.2) is 12.3 Å². The normalized spacial score (nSPS) is 16.1. The summed E-state index contributed by atoms with van der Waals surface area (Å²) in [5, 5.41) is 0. The molecule has 0 N–H and O–H groups in total. The predicted molar refractivity (Wildman–Crippen MR) is 53.8 cm³/mol. The third-order valence-corrected chi connectivity index (χ3v) is 2.85. The van der Waals surface area contributed by atoms with E-state index in [0.29, 0.717) is 0 Å². The van der Waals surface area contributed by atoms with Gasteiger partial charge in [0.2, 0.25) is 0 Å². The van der Waals surface area contributed by atoms with Gasteiger partial charge in [0.05, 0.1) is 0 Å². The molecule has 0 spiro atoms. The highest BCUT2D eigenvalue weighted by Gasteiger charge is 2.33. The average molecular weight is 283 g/mol. The molecule has 2 atom stereocenters. The van der Waals surface area contributed by atoms with E-state index < -0.39 is 11.9 Å². The van der Waals surface area contributed by atoms with E-state index >= 15 is 0 Å². The molecular weight excluding hydrogens is 273 g/mol. The molecule has 0 saturated carbocycles. The average Bonchev–Trinajstić information content (AvgIpc) is 2.15. The molecule has 0 aliphatic carbocycles. The van der Waals surface area contributed by atoms with Gasteiger partial charge in [-0.15, -0.1) is 0 Å². The zero-order chi connectivity index (χ0) is 11.6. The highest BCUT2D eigenvalue weighted by atomic mass is 79.9. The molecule has 84 valence electrons. The van der Waals surface area contributed by atoms with Crippen molar-refractivity contribution in [3.05, 3.63) is 23.8 Å². The van der Waals surface area contributed by atoms with Crippen molar-refractivity contribution >= 4 is 15.9 Å². The highest BCUT2D eigenvalue weighted by Crippen LogP contribution is 2.29. The molecule has 2 unspecified atom stereocenters. The molecule has 0 radical (unpaired) electrons. The molecule has 15 heavy (non-hydrogen) atoms. The summed E-state index contributed by atoms with van der Waals surface area (Å²) in [4.78, 5) is 7.36. The minimum atomic E-state index is -4.41. The van der Waals surface area contributed by atoms with Crippen LogP contribution in [0.25, 0.3) is 0 Å². The number of alkyl halides is 4. The molecule has 0 bridgehead atoms. The van der Waals surface area contributed by atoms with E-state index in [1.807, 2.05) is 6.92 Å². The molecule has 0 aromatic carbocycles. The summed E-state index contributed by atoms with van der Waals surface area (Å²) < 4.78 is 37.0. The highest BCUT2D eigenvalue weighted by molar-refractivity contribution is 9.09. The zero-order valence-electron chi connectivity index (χ0n) is 8.22. The van der Waals surface area contributed by atoms with E-state index in [-0.39, 0.29) is 16.6 Å². The van der Waals surface area contributed by atoms with Crippen LogP contribution in [-0.2, 0) is 6.18 Å². The first-order valence-electron chi connectivity index (χ1n) is 4.36. The van der Waals surface area contributed by atoms with Crippen molar-refractivity contribution in [3.63, 3.8) is 0 Å². The molecular formula is C9H10BrF3N2. The lowest BCUT2D eigenvalue weighted by Crippen LogP contribution is -2.14. The molecule has 1 heterocycles. The fourth-order valence-electron chi connectivity index (χ4n) is 0.956. The number of aromatic nitrogens is 2. The third kappa shape index (κ3) is 3.15. The Kier molecular flexibility index (Phi) is 3.70. The lowest BCUT2D eigenvalue weighted by atomic mass is 10.1. The molecule has 0 aliphatic heterocycles. The topological polar surface area (TPSA) is 25.8 Å². The first-order valence-corrected chi connectivity index (χ1v) is 5.28. The molecule has 1 rings (SSSR count). The molecule has 1 aromatic rings. The van der Waals surface area contributed by atoms with Crippen LogP contribution in [0.4, 0.5) is 13.2 Å². The number of hydrogen-bond acceptors (Lipinski definition) is 2. The fraction of sp³-hybridized carbons (Fsp3) is 0.556. The van der Waals surface area contributed by atoms with E-state index in [1.54, 1.807) is 6.92 Å². The van der Waals surface area contributed by atoms with Gasteiger partial charge in [0, 0.05) is 16.9 Å². The summed E-state index contributed by atoms with van der Waals surface area (Å²) in [6.45, 7) is 3.61. The van der Waals surface area contributed by atoms with Gasteiger partial charge in [-0.3, -0.25) is 0 Å². The standard InChI is InChI=1S/C9H10BrF3N2/c1-5(6(2)10)8-14-4-3-7(15-8)9(11,12)13/h3-6H,1-2H3. The Balaban J connectivity index is 3.03. The van der Waals surface area contributed by atoms with Crippen molar-refractivity contribution in [1.29, 1.82) is 0 Å². The number of nitrogens with zero attached hydrogens (tertiary/aromatic N) is 2. The lowest BCUT2D eigenvalue weighted by Gasteiger charge is -2.13. The first-order chi connectivity index (χ1) is 6.82. The molecule has 1 aromatic heterocycles. The van der Waals surface area contributed by atoms with Crippen molar-refractivity contribution < 1.29 is 13.2 Å². The Hall–Kier alpha value is -0.650. The third-order valence-electron chi connectivity index (χ3n) is 2.06. The largest absolute Gasteiger partial charge is 0.433 e. The van der Waals surface area contributed by atoms with Crippen molar-refractivity contribution in [3.8, 4) is 0 Å².